The van der Waals surface area contributed by atoms with E-state index in [0.29, 0.717) is 0 Å². The minimum atomic E-state index is 0.891. The highest BCUT2D eigenvalue weighted by Crippen LogP contribution is 2.09. The number of morpholine rings is 1. The van der Waals surface area contributed by atoms with Crippen molar-refractivity contribution in [3.8, 4) is 0 Å². The smallest absolute Gasteiger partial charge is 0.0642 e. The van der Waals surface area contributed by atoms with Gasteiger partial charge in [-0.05, 0) is 19.0 Å². The molecule has 0 atom stereocenters. The lowest BCUT2D eigenvalue weighted by Crippen LogP contribution is -2.31. The fourth-order valence-corrected chi connectivity index (χ4v) is 2.17. The van der Waals surface area contributed by atoms with Gasteiger partial charge in [0, 0.05) is 13.1 Å². The molecule has 1 fully saturated rings. The van der Waals surface area contributed by atoms with Crippen molar-refractivity contribution in [1.29, 1.82) is 0 Å². The number of hydrogen-bond acceptors (Lipinski definition) is 2. The fourth-order valence-electron chi connectivity index (χ4n) is 2.17. The molecule has 100 valence electrons. The molecule has 0 aliphatic carbocycles. The summed E-state index contributed by atoms with van der Waals surface area (Å²) in [5, 5.41) is 0. The Kier molecular flexibility index (Phi) is 9.11. The highest BCUT2D eigenvalue weighted by molar-refractivity contribution is 4.83. The molecule has 0 unspecified atom stereocenters. The summed E-state index contributed by atoms with van der Waals surface area (Å²) < 4.78 is 5.32. The number of allylic oxidation sites excluding steroid dienone is 1. The van der Waals surface area contributed by atoms with E-state index in [0.717, 1.165) is 26.3 Å². The SMILES string of the molecule is CCCCCCCCCC=CN1CCOCC1. The van der Waals surface area contributed by atoms with Crippen LogP contribution in [-0.2, 0) is 4.74 Å². The third kappa shape index (κ3) is 8.25. The van der Waals surface area contributed by atoms with Gasteiger partial charge < -0.3 is 9.64 Å². The summed E-state index contributed by atoms with van der Waals surface area (Å²) in [4.78, 5) is 2.37. The van der Waals surface area contributed by atoms with Crippen LogP contribution in [-0.4, -0.2) is 31.2 Å². The maximum absolute atomic E-state index is 5.32. The predicted molar refractivity (Wildman–Crippen MR) is 74.1 cm³/mol. The molecule has 0 aromatic rings. The van der Waals surface area contributed by atoms with E-state index < -0.39 is 0 Å². The third-order valence-electron chi connectivity index (χ3n) is 3.34. The second kappa shape index (κ2) is 10.6. The van der Waals surface area contributed by atoms with Gasteiger partial charge in [-0.25, -0.2) is 0 Å². The van der Waals surface area contributed by atoms with Gasteiger partial charge >= 0.3 is 0 Å². The van der Waals surface area contributed by atoms with Crippen LogP contribution in [0, 0.1) is 0 Å². The summed E-state index contributed by atoms with van der Waals surface area (Å²) in [7, 11) is 0. The Morgan fingerprint density at radius 2 is 1.59 bits per heavy atom. The molecule has 1 saturated heterocycles. The zero-order chi connectivity index (χ0) is 12.2. The Balaban J connectivity index is 1.84. The molecule has 0 aromatic carbocycles. The maximum Gasteiger partial charge on any atom is 0.0642 e. The highest BCUT2D eigenvalue weighted by Gasteiger charge is 2.04. The highest BCUT2D eigenvalue weighted by atomic mass is 16.5. The van der Waals surface area contributed by atoms with E-state index in [4.69, 9.17) is 4.74 Å². The van der Waals surface area contributed by atoms with Gasteiger partial charge in [-0.2, -0.15) is 0 Å². The standard InChI is InChI=1S/C15H29NO/c1-2-3-4-5-6-7-8-9-10-11-16-12-14-17-15-13-16/h10-11H,2-9,12-15H2,1H3. The number of ether oxygens (including phenoxy) is 1. The average Bonchev–Trinajstić information content (AvgIpc) is 2.38. The van der Waals surface area contributed by atoms with E-state index in [1.807, 2.05) is 0 Å². The Morgan fingerprint density at radius 1 is 0.941 bits per heavy atom. The van der Waals surface area contributed by atoms with E-state index in [9.17, 15) is 0 Å². The van der Waals surface area contributed by atoms with Crippen LogP contribution in [0.15, 0.2) is 12.3 Å². The molecule has 2 nitrogen and oxygen atoms in total. The first-order valence-electron chi connectivity index (χ1n) is 7.42. The first-order valence-corrected chi connectivity index (χ1v) is 7.42. The second-order valence-electron chi connectivity index (χ2n) is 4.94. The summed E-state index contributed by atoms with van der Waals surface area (Å²) in [5.74, 6) is 0. The van der Waals surface area contributed by atoms with Crippen LogP contribution in [0.5, 0.6) is 0 Å². The minimum Gasteiger partial charge on any atom is -0.378 e. The van der Waals surface area contributed by atoms with Gasteiger partial charge in [0.1, 0.15) is 0 Å². The molecule has 0 radical (unpaired) electrons. The monoisotopic (exact) mass is 239 g/mol. The molecule has 1 aliphatic heterocycles. The molecular weight excluding hydrogens is 210 g/mol. The molecule has 1 rings (SSSR count). The largest absolute Gasteiger partial charge is 0.378 e. The van der Waals surface area contributed by atoms with Crippen molar-refractivity contribution in [1.82, 2.24) is 4.90 Å². The van der Waals surface area contributed by atoms with Crippen LogP contribution in [0.1, 0.15) is 58.3 Å². The van der Waals surface area contributed by atoms with Crippen molar-refractivity contribution < 1.29 is 4.74 Å². The van der Waals surface area contributed by atoms with Crippen molar-refractivity contribution in [2.24, 2.45) is 0 Å². The first-order chi connectivity index (χ1) is 8.43. The van der Waals surface area contributed by atoms with Crippen LogP contribution >= 0.6 is 0 Å². The van der Waals surface area contributed by atoms with E-state index >= 15 is 0 Å². The summed E-state index contributed by atoms with van der Waals surface area (Å²) in [6.45, 7) is 6.18. The van der Waals surface area contributed by atoms with Gasteiger partial charge in [0.2, 0.25) is 0 Å². The van der Waals surface area contributed by atoms with Crippen LogP contribution < -0.4 is 0 Å². The Morgan fingerprint density at radius 3 is 2.29 bits per heavy atom. The molecule has 0 saturated carbocycles. The third-order valence-corrected chi connectivity index (χ3v) is 3.34. The minimum absolute atomic E-state index is 0.891. The quantitative estimate of drug-likeness (QED) is 0.564. The van der Waals surface area contributed by atoms with Gasteiger partial charge in [-0.3, -0.25) is 0 Å². The zero-order valence-electron chi connectivity index (χ0n) is 11.5. The van der Waals surface area contributed by atoms with E-state index in [1.54, 1.807) is 0 Å². The van der Waals surface area contributed by atoms with E-state index in [-0.39, 0.29) is 0 Å². The second-order valence-corrected chi connectivity index (χ2v) is 4.94. The topological polar surface area (TPSA) is 12.5 Å². The van der Waals surface area contributed by atoms with Gasteiger partial charge in [0.05, 0.1) is 13.2 Å². The summed E-state index contributed by atoms with van der Waals surface area (Å²) >= 11 is 0. The van der Waals surface area contributed by atoms with Crippen molar-refractivity contribution in [3.63, 3.8) is 0 Å². The molecule has 0 bridgehead atoms. The lowest BCUT2D eigenvalue weighted by molar-refractivity contribution is 0.0593. The Hall–Kier alpha value is -0.500. The molecule has 0 amide bonds. The van der Waals surface area contributed by atoms with Crippen molar-refractivity contribution in [3.05, 3.63) is 12.3 Å². The number of unbranched alkanes of at least 4 members (excludes halogenated alkanes) is 7. The average molecular weight is 239 g/mol. The summed E-state index contributed by atoms with van der Waals surface area (Å²) in [6.07, 6.45) is 15.6. The molecule has 1 heterocycles. The molecule has 2 heteroatoms. The number of rotatable bonds is 9. The van der Waals surface area contributed by atoms with Crippen molar-refractivity contribution in [2.75, 3.05) is 26.3 Å². The van der Waals surface area contributed by atoms with E-state index in [1.165, 1.54) is 51.4 Å². The van der Waals surface area contributed by atoms with Crippen LogP contribution in [0.4, 0.5) is 0 Å². The van der Waals surface area contributed by atoms with Gasteiger partial charge in [0.25, 0.3) is 0 Å². The fraction of sp³-hybridized carbons (Fsp3) is 0.867. The molecule has 0 N–H and O–H groups in total. The Bertz CT molecular complexity index is 185. The van der Waals surface area contributed by atoms with Gasteiger partial charge in [0.15, 0.2) is 0 Å². The molecule has 17 heavy (non-hydrogen) atoms. The molecule has 1 aliphatic rings. The van der Waals surface area contributed by atoms with Crippen molar-refractivity contribution >= 4 is 0 Å². The van der Waals surface area contributed by atoms with E-state index in [2.05, 4.69) is 24.1 Å². The normalized spacial score (nSPS) is 16.9. The van der Waals surface area contributed by atoms with Crippen molar-refractivity contribution in [2.45, 2.75) is 58.3 Å². The first kappa shape index (κ1) is 14.6. The molecular formula is C15H29NO. The lowest BCUT2D eigenvalue weighted by Gasteiger charge is -2.24. The van der Waals surface area contributed by atoms with Crippen LogP contribution in [0.2, 0.25) is 0 Å². The zero-order valence-corrected chi connectivity index (χ0v) is 11.5. The number of hydrogen-bond donors (Lipinski definition) is 0. The maximum atomic E-state index is 5.32. The van der Waals surface area contributed by atoms with Gasteiger partial charge in [-0.15, -0.1) is 0 Å². The molecule has 0 aromatic heterocycles. The number of nitrogens with zero attached hydrogens (tertiary/aromatic N) is 1. The Labute approximate surface area is 107 Å². The van der Waals surface area contributed by atoms with Crippen LogP contribution in [0.25, 0.3) is 0 Å². The lowest BCUT2D eigenvalue weighted by atomic mass is 10.1. The predicted octanol–water partition coefficient (Wildman–Crippen LogP) is 3.97. The summed E-state index contributed by atoms with van der Waals surface area (Å²) in [6, 6.07) is 0. The van der Waals surface area contributed by atoms with Gasteiger partial charge in [-0.1, -0.05) is 51.5 Å². The molecule has 0 spiro atoms. The summed E-state index contributed by atoms with van der Waals surface area (Å²) in [5.41, 5.74) is 0. The van der Waals surface area contributed by atoms with Crippen LogP contribution in [0.3, 0.4) is 0 Å².